The van der Waals surface area contributed by atoms with Gasteiger partial charge in [0.1, 0.15) is 0 Å². The van der Waals surface area contributed by atoms with E-state index in [0.29, 0.717) is 0 Å². The van der Waals surface area contributed by atoms with E-state index in [2.05, 4.69) is 13.8 Å². The van der Waals surface area contributed by atoms with E-state index in [0.717, 1.165) is 5.92 Å². The van der Waals surface area contributed by atoms with E-state index in [1.807, 2.05) is 4.90 Å². The lowest BCUT2D eigenvalue weighted by molar-refractivity contribution is -0.889. The second-order valence-corrected chi connectivity index (χ2v) is 6.18. The first-order chi connectivity index (χ1) is 8.33. The summed E-state index contributed by atoms with van der Waals surface area (Å²) in [6.07, 6.45) is 14.6. The number of rotatable bonds is 10. The third kappa shape index (κ3) is 8.91. The SMILES string of the molecule is CCCCCCCCCCC[NH+]1CCC(C)C1.[F-]. The first kappa shape index (κ1) is 17.9. The third-order valence-corrected chi connectivity index (χ3v) is 4.26. The van der Waals surface area contributed by atoms with Gasteiger partial charge in [-0.1, -0.05) is 58.8 Å². The highest BCUT2D eigenvalue weighted by atomic mass is 19.0. The molecule has 0 aliphatic carbocycles. The van der Waals surface area contributed by atoms with Gasteiger partial charge in [-0.05, 0) is 12.8 Å². The minimum absolute atomic E-state index is 0. The quantitative estimate of drug-likeness (QED) is 0.543. The van der Waals surface area contributed by atoms with Crippen molar-refractivity contribution in [1.82, 2.24) is 0 Å². The van der Waals surface area contributed by atoms with Crippen molar-refractivity contribution in [2.75, 3.05) is 19.6 Å². The third-order valence-electron chi connectivity index (χ3n) is 4.26. The Hall–Kier alpha value is -0.110. The van der Waals surface area contributed by atoms with Crippen LogP contribution in [0.25, 0.3) is 0 Å². The molecule has 0 aromatic rings. The second kappa shape index (κ2) is 12.0. The van der Waals surface area contributed by atoms with Gasteiger partial charge in [0, 0.05) is 12.3 Å². The van der Waals surface area contributed by atoms with Crippen LogP contribution >= 0.6 is 0 Å². The molecule has 0 aromatic heterocycles. The van der Waals surface area contributed by atoms with Crippen molar-refractivity contribution in [2.45, 2.75) is 78.1 Å². The maximum absolute atomic E-state index is 2.41. The summed E-state index contributed by atoms with van der Waals surface area (Å²) < 4.78 is 0. The molecule has 0 aromatic carbocycles. The molecule has 2 unspecified atom stereocenters. The van der Waals surface area contributed by atoms with Crippen LogP contribution in [0.5, 0.6) is 0 Å². The van der Waals surface area contributed by atoms with E-state index in [1.54, 1.807) is 0 Å². The van der Waals surface area contributed by atoms with E-state index in [4.69, 9.17) is 0 Å². The first-order valence-corrected chi connectivity index (χ1v) is 8.16. The summed E-state index contributed by atoms with van der Waals surface area (Å²) in [4.78, 5) is 1.88. The zero-order valence-electron chi connectivity index (χ0n) is 12.6. The van der Waals surface area contributed by atoms with Crippen LogP contribution in [0.3, 0.4) is 0 Å². The fraction of sp³-hybridized carbons (Fsp3) is 1.00. The maximum Gasteiger partial charge on any atom is 0.0799 e. The van der Waals surface area contributed by atoms with Crippen LogP contribution in [0, 0.1) is 5.92 Å². The fourth-order valence-electron chi connectivity index (χ4n) is 3.06. The lowest BCUT2D eigenvalue weighted by Gasteiger charge is -2.12. The van der Waals surface area contributed by atoms with Crippen LogP contribution in [-0.2, 0) is 0 Å². The summed E-state index contributed by atoms with van der Waals surface area (Å²) in [7, 11) is 0. The Kier molecular flexibility index (Phi) is 11.9. The zero-order valence-corrected chi connectivity index (χ0v) is 12.6. The molecule has 2 atom stereocenters. The molecule has 0 bridgehead atoms. The number of hydrogen-bond donors (Lipinski definition) is 1. The monoisotopic (exact) mass is 259 g/mol. The molecule has 0 amide bonds. The van der Waals surface area contributed by atoms with Crippen molar-refractivity contribution < 1.29 is 9.60 Å². The molecule has 0 radical (unpaired) electrons. The molecule has 18 heavy (non-hydrogen) atoms. The fourth-order valence-corrected chi connectivity index (χ4v) is 3.06. The Morgan fingerprint density at radius 2 is 1.44 bits per heavy atom. The summed E-state index contributed by atoms with van der Waals surface area (Å²) >= 11 is 0. The minimum Gasteiger partial charge on any atom is -1.00 e. The number of likely N-dealkylation sites (tertiary alicyclic amines) is 1. The molecule has 1 N–H and O–H groups in total. The van der Waals surface area contributed by atoms with Crippen LogP contribution < -0.4 is 9.60 Å². The molecular weight excluding hydrogens is 225 g/mol. The molecule has 110 valence electrons. The summed E-state index contributed by atoms with van der Waals surface area (Å²) in [6.45, 7) is 9.03. The standard InChI is InChI=1S/C16H33N.FH/c1-3-4-5-6-7-8-9-10-11-13-17-14-12-16(2)15-17;/h16H,3-15H2,1-2H3;1H. The molecule has 1 heterocycles. The molecular formula is C16H34FN. The van der Waals surface area contributed by atoms with E-state index in [-0.39, 0.29) is 4.70 Å². The van der Waals surface area contributed by atoms with Crippen molar-refractivity contribution in [2.24, 2.45) is 5.92 Å². The van der Waals surface area contributed by atoms with E-state index < -0.39 is 0 Å². The highest BCUT2D eigenvalue weighted by Crippen LogP contribution is 2.09. The minimum atomic E-state index is 0. The van der Waals surface area contributed by atoms with Crippen LogP contribution in [0.4, 0.5) is 0 Å². The summed E-state index contributed by atoms with van der Waals surface area (Å²) in [5.74, 6) is 0.989. The van der Waals surface area contributed by atoms with Gasteiger partial charge in [0.05, 0.1) is 19.6 Å². The van der Waals surface area contributed by atoms with Gasteiger partial charge >= 0.3 is 0 Å². The van der Waals surface area contributed by atoms with Gasteiger partial charge in [-0.3, -0.25) is 0 Å². The molecule has 0 spiro atoms. The number of hydrogen-bond acceptors (Lipinski definition) is 0. The van der Waals surface area contributed by atoms with E-state index in [1.165, 1.54) is 83.8 Å². The van der Waals surface area contributed by atoms with Gasteiger partial charge in [0.15, 0.2) is 0 Å². The van der Waals surface area contributed by atoms with Crippen molar-refractivity contribution in [1.29, 1.82) is 0 Å². The molecule has 1 rings (SSSR count). The van der Waals surface area contributed by atoms with Crippen molar-refractivity contribution >= 4 is 0 Å². The van der Waals surface area contributed by atoms with Crippen molar-refractivity contribution in [3.05, 3.63) is 0 Å². The number of unbranched alkanes of at least 4 members (excludes halogenated alkanes) is 8. The Balaban J connectivity index is 0.00000289. The molecule has 1 aliphatic heterocycles. The summed E-state index contributed by atoms with van der Waals surface area (Å²) in [5, 5.41) is 0. The van der Waals surface area contributed by atoms with Crippen LogP contribution in [0.1, 0.15) is 78.1 Å². The first-order valence-electron chi connectivity index (χ1n) is 8.16. The van der Waals surface area contributed by atoms with Crippen LogP contribution in [-0.4, -0.2) is 19.6 Å². The largest absolute Gasteiger partial charge is 1.00 e. The van der Waals surface area contributed by atoms with Crippen LogP contribution in [0.15, 0.2) is 0 Å². The topological polar surface area (TPSA) is 4.44 Å². The number of nitrogens with one attached hydrogen (secondary N) is 1. The predicted molar refractivity (Wildman–Crippen MR) is 76.6 cm³/mol. The van der Waals surface area contributed by atoms with Gasteiger partial charge < -0.3 is 9.60 Å². The van der Waals surface area contributed by atoms with Crippen LogP contribution in [0.2, 0.25) is 0 Å². The lowest BCUT2D eigenvalue weighted by atomic mass is 10.1. The molecule has 1 nitrogen and oxygen atoms in total. The second-order valence-electron chi connectivity index (χ2n) is 6.18. The molecule has 1 aliphatic rings. The molecule has 1 fully saturated rings. The summed E-state index contributed by atoms with van der Waals surface area (Å²) in [6, 6.07) is 0. The van der Waals surface area contributed by atoms with Gasteiger partial charge in [-0.25, -0.2) is 0 Å². The number of halogens is 1. The average Bonchev–Trinajstić information content (AvgIpc) is 2.73. The predicted octanol–water partition coefficient (Wildman–Crippen LogP) is 0.446. The Morgan fingerprint density at radius 1 is 0.889 bits per heavy atom. The summed E-state index contributed by atoms with van der Waals surface area (Å²) in [5.41, 5.74) is 0. The molecule has 0 saturated carbocycles. The normalized spacial score (nSPS) is 23.0. The highest BCUT2D eigenvalue weighted by molar-refractivity contribution is 4.55. The zero-order chi connectivity index (χ0) is 12.3. The average molecular weight is 259 g/mol. The van der Waals surface area contributed by atoms with Gasteiger partial charge in [-0.2, -0.15) is 0 Å². The Bertz CT molecular complexity index is 172. The Labute approximate surface area is 114 Å². The van der Waals surface area contributed by atoms with Gasteiger partial charge in [0.2, 0.25) is 0 Å². The molecule has 1 saturated heterocycles. The lowest BCUT2D eigenvalue weighted by Crippen LogP contribution is -3.10. The molecule has 2 heteroatoms. The highest BCUT2D eigenvalue weighted by Gasteiger charge is 2.21. The van der Waals surface area contributed by atoms with Crippen molar-refractivity contribution in [3.63, 3.8) is 0 Å². The maximum atomic E-state index is 2.41. The smallest absolute Gasteiger partial charge is 0.0799 e. The number of quaternary nitrogens is 1. The van der Waals surface area contributed by atoms with E-state index >= 15 is 0 Å². The van der Waals surface area contributed by atoms with Crippen molar-refractivity contribution in [3.8, 4) is 0 Å². The van der Waals surface area contributed by atoms with E-state index in [9.17, 15) is 0 Å². The van der Waals surface area contributed by atoms with Gasteiger partial charge in [0.25, 0.3) is 0 Å². The Morgan fingerprint density at radius 3 is 1.94 bits per heavy atom. The van der Waals surface area contributed by atoms with Gasteiger partial charge in [-0.15, -0.1) is 0 Å².